The van der Waals surface area contributed by atoms with Crippen LogP contribution in [-0.2, 0) is 0 Å². The van der Waals surface area contributed by atoms with Crippen molar-refractivity contribution >= 4 is 21.7 Å². The Morgan fingerprint density at radius 1 is 1.41 bits per heavy atom. The van der Waals surface area contributed by atoms with Crippen molar-refractivity contribution in [2.24, 2.45) is 0 Å². The van der Waals surface area contributed by atoms with Crippen LogP contribution < -0.4 is 5.32 Å². The highest BCUT2D eigenvalue weighted by molar-refractivity contribution is 9.10. The Bertz CT molecular complexity index is 397. The van der Waals surface area contributed by atoms with Gasteiger partial charge in [-0.2, -0.15) is 0 Å². The average Bonchev–Trinajstić information content (AvgIpc) is 2.33. The standard InChI is InChI=1S/C11H18BrN5/c1-13-10-8(12)6-14-11(15-10)9-7-16(2)4-5-17(9)3/h6,9H,4-5,7H2,1-3H3,(H,13,14,15). The third kappa shape index (κ3) is 2.75. The summed E-state index contributed by atoms with van der Waals surface area (Å²) in [6.07, 6.45) is 1.82. The third-order valence-corrected chi connectivity index (χ3v) is 3.73. The van der Waals surface area contributed by atoms with Gasteiger partial charge in [0.15, 0.2) is 0 Å². The van der Waals surface area contributed by atoms with Crippen molar-refractivity contribution in [3.63, 3.8) is 0 Å². The van der Waals surface area contributed by atoms with E-state index in [2.05, 4.69) is 55.1 Å². The lowest BCUT2D eigenvalue weighted by Gasteiger charge is -2.36. The maximum Gasteiger partial charge on any atom is 0.149 e. The minimum absolute atomic E-state index is 0.272. The highest BCUT2D eigenvalue weighted by atomic mass is 79.9. The van der Waals surface area contributed by atoms with Gasteiger partial charge in [-0.1, -0.05) is 0 Å². The second-order valence-corrected chi connectivity index (χ2v) is 5.29. The van der Waals surface area contributed by atoms with Crippen LogP contribution in [0.2, 0.25) is 0 Å². The van der Waals surface area contributed by atoms with Crippen LogP contribution in [0.4, 0.5) is 5.82 Å². The summed E-state index contributed by atoms with van der Waals surface area (Å²) in [7, 11) is 6.13. The van der Waals surface area contributed by atoms with Gasteiger partial charge in [0.25, 0.3) is 0 Å². The van der Waals surface area contributed by atoms with Crippen LogP contribution in [-0.4, -0.2) is 60.5 Å². The number of hydrogen-bond donors (Lipinski definition) is 1. The van der Waals surface area contributed by atoms with Crippen LogP contribution in [0.5, 0.6) is 0 Å². The van der Waals surface area contributed by atoms with Crippen molar-refractivity contribution in [1.82, 2.24) is 19.8 Å². The predicted octanol–water partition coefficient (Wildman–Crippen LogP) is 1.20. The van der Waals surface area contributed by atoms with Crippen LogP contribution in [0, 0.1) is 0 Å². The van der Waals surface area contributed by atoms with E-state index in [9.17, 15) is 0 Å². The third-order valence-electron chi connectivity index (χ3n) is 3.15. The lowest BCUT2D eigenvalue weighted by Crippen LogP contribution is -2.45. The van der Waals surface area contributed by atoms with Crippen molar-refractivity contribution in [3.8, 4) is 0 Å². The molecule has 94 valence electrons. The average molecular weight is 300 g/mol. The summed E-state index contributed by atoms with van der Waals surface area (Å²) in [4.78, 5) is 13.6. The normalized spacial score (nSPS) is 22.7. The van der Waals surface area contributed by atoms with Crippen molar-refractivity contribution in [1.29, 1.82) is 0 Å². The Hall–Kier alpha value is -0.720. The molecule has 0 amide bonds. The molecule has 6 heteroatoms. The zero-order chi connectivity index (χ0) is 12.4. The van der Waals surface area contributed by atoms with Gasteiger partial charge in [-0.3, -0.25) is 4.90 Å². The van der Waals surface area contributed by atoms with E-state index in [4.69, 9.17) is 0 Å². The minimum atomic E-state index is 0.272. The van der Waals surface area contributed by atoms with Gasteiger partial charge in [-0.05, 0) is 30.0 Å². The molecule has 2 heterocycles. The number of rotatable bonds is 2. The minimum Gasteiger partial charge on any atom is -0.372 e. The highest BCUT2D eigenvalue weighted by Gasteiger charge is 2.26. The van der Waals surface area contributed by atoms with E-state index >= 15 is 0 Å². The summed E-state index contributed by atoms with van der Waals surface area (Å²) in [6.45, 7) is 3.12. The molecular weight excluding hydrogens is 282 g/mol. The second-order valence-electron chi connectivity index (χ2n) is 4.43. The molecule has 5 nitrogen and oxygen atoms in total. The van der Waals surface area contributed by atoms with Gasteiger partial charge in [0.05, 0.1) is 10.5 Å². The molecule has 1 N–H and O–H groups in total. The second kappa shape index (κ2) is 5.29. The lowest BCUT2D eigenvalue weighted by atomic mass is 10.1. The van der Waals surface area contributed by atoms with Crippen molar-refractivity contribution in [2.45, 2.75) is 6.04 Å². The molecule has 1 atom stereocenters. The molecule has 0 spiro atoms. The molecule has 17 heavy (non-hydrogen) atoms. The zero-order valence-electron chi connectivity index (χ0n) is 10.4. The van der Waals surface area contributed by atoms with E-state index in [1.165, 1.54) is 0 Å². The molecule has 1 aliphatic heterocycles. The fourth-order valence-corrected chi connectivity index (χ4v) is 2.39. The molecule has 1 aliphatic rings. The van der Waals surface area contributed by atoms with Crippen LogP contribution in [0.25, 0.3) is 0 Å². The molecule has 1 aromatic rings. The van der Waals surface area contributed by atoms with E-state index < -0.39 is 0 Å². The van der Waals surface area contributed by atoms with E-state index in [-0.39, 0.29) is 6.04 Å². The predicted molar refractivity (Wildman–Crippen MR) is 72.1 cm³/mol. The van der Waals surface area contributed by atoms with Gasteiger partial charge in [0.1, 0.15) is 11.6 Å². The zero-order valence-corrected chi connectivity index (χ0v) is 12.0. The van der Waals surface area contributed by atoms with Crippen molar-refractivity contribution in [2.75, 3.05) is 46.1 Å². The number of nitrogens with one attached hydrogen (secondary N) is 1. The fourth-order valence-electron chi connectivity index (χ4n) is 2.01. The summed E-state index contributed by atoms with van der Waals surface area (Å²) in [5, 5.41) is 3.07. The van der Waals surface area contributed by atoms with Gasteiger partial charge in [-0.25, -0.2) is 9.97 Å². The van der Waals surface area contributed by atoms with E-state index in [1.807, 2.05) is 13.2 Å². The fraction of sp³-hybridized carbons (Fsp3) is 0.636. The maximum absolute atomic E-state index is 4.56. The Morgan fingerprint density at radius 2 is 2.18 bits per heavy atom. The van der Waals surface area contributed by atoms with Gasteiger partial charge in [0.2, 0.25) is 0 Å². The van der Waals surface area contributed by atoms with Gasteiger partial charge < -0.3 is 10.2 Å². The summed E-state index contributed by atoms with van der Waals surface area (Å²) < 4.78 is 0.899. The first-order chi connectivity index (χ1) is 8.11. The maximum atomic E-state index is 4.56. The quantitative estimate of drug-likeness (QED) is 0.889. The molecule has 0 saturated carbocycles. The Kier molecular flexibility index (Phi) is 3.96. The number of halogens is 1. The van der Waals surface area contributed by atoms with Crippen LogP contribution in [0.1, 0.15) is 11.9 Å². The summed E-state index contributed by atoms with van der Waals surface area (Å²) >= 11 is 3.43. The molecule has 0 aromatic carbocycles. The molecule has 2 rings (SSSR count). The Balaban J connectivity index is 2.26. The first kappa shape index (κ1) is 12.7. The molecule has 1 saturated heterocycles. The van der Waals surface area contributed by atoms with Crippen LogP contribution >= 0.6 is 15.9 Å². The SMILES string of the molecule is CNc1nc(C2CN(C)CCN2C)ncc1Br. The van der Waals surface area contributed by atoms with Gasteiger partial charge >= 0.3 is 0 Å². The Labute approximate surface area is 110 Å². The number of aromatic nitrogens is 2. The monoisotopic (exact) mass is 299 g/mol. The van der Waals surface area contributed by atoms with E-state index in [0.717, 1.165) is 35.7 Å². The van der Waals surface area contributed by atoms with E-state index in [1.54, 1.807) is 0 Å². The molecule has 1 fully saturated rings. The van der Waals surface area contributed by atoms with Gasteiger partial charge in [-0.15, -0.1) is 0 Å². The number of nitrogens with zero attached hydrogens (tertiary/aromatic N) is 4. The van der Waals surface area contributed by atoms with Crippen LogP contribution in [0.15, 0.2) is 10.7 Å². The molecule has 1 aromatic heterocycles. The molecule has 0 bridgehead atoms. The first-order valence-electron chi connectivity index (χ1n) is 5.70. The largest absolute Gasteiger partial charge is 0.372 e. The Morgan fingerprint density at radius 3 is 2.88 bits per heavy atom. The number of hydrogen-bond acceptors (Lipinski definition) is 5. The van der Waals surface area contributed by atoms with Crippen LogP contribution in [0.3, 0.4) is 0 Å². The van der Waals surface area contributed by atoms with Crippen molar-refractivity contribution < 1.29 is 0 Å². The molecule has 0 radical (unpaired) electrons. The lowest BCUT2D eigenvalue weighted by molar-refractivity contribution is 0.109. The topological polar surface area (TPSA) is 44.3 Å². The molecule has 0 aliphatic carbocycles. The number of anilines is 1. The van der Waals surface area contributed by atoms with E-state index in [0.29, 0.717) is 0 Å². The summed E-state index contributed by atoms with van der Waals surface area (Å²) in [5.74, 6) is 1.73. The van der Waals surface area contributed by atoms with Gasteiger partial charge in [0, 0.05) is 32.9 Å². The number of piperazine rings is 1. The smallest absolute Gasteiger partial charge is 0.149 e. The van der Waals surface area contributed by atoms with Crippen molar-refractivity contribution in [3.05, 3.63) is 16.5 Å². The molecular formula is C11H18BrN5. The number of likely N-dealkylation sites (N-methyl/N-ethyl adjacent to an activating group) is 2. The summed E-state index contributed by atoms with van der Waals surface area (Å²) in [6, 6.07) is 0.272. The highest BCUT2D eigenvalue weighted by Crippen LogP contribution is 2.24. The molecule has 1 unspecified atom stereocenters. The summed E-state index contributed by atoms with van der Waals surface area (Å²) in [5.41, 5.74) is 0. The first-order valence-corrected chi connectivity index (χ1v) is 6.50.